The molecule has 0 fully saturated rings. The molecule has 5 nitrogen and oxygen atoms in total. The van der Waals surface area contributed by atoms with Crippen LogP contribution in [0.1, 0.15) is 18.4 Å². The number of fused-ring (bicyclic) bond motifs is 1. The zero-order valence-electron chi connectivity index (χ0n) is 9.49. The maximum absolute atomic E-state index is 9.85. The third kappa shape index (κ3) is 2.20. The van der Waals surface area contributed by atoms with Crippen molar-refractivity contribution in [1.82, 2.24) is 15.0 Å². The number of hydrogen-bond acceptors (Lipinski definition) is 4. The molecule has 1 unspecified atom stereocenters. The molecule has 0 spiro atoms. The van der Waals surface area contributed by atoms with Crippen molar-refractivity contribution >= 4 is 11.2 Å². The summed E-state index contributed by atoms with van der Waals surface area (Å²) in [6.45, 7) is 3.82. The van der Waals surface area contributed by atoms with E-state index in [2.05, 4.69) is 15.0 Å². The number of H-pyrrole nitrogens is 1. The van der Waals surface area contributed by atoms with Crippen LogP contribution in [0.4, 0.5) is 0 Å². The smallest absolute Gasteiger partial charge is 0.177 e. The van der Waals surface area contributed by atoms with Gasteiger partial charge in [-0.15, -0.1) is 0 Å². The first-order valence-electron chi connectivity index (χ1n) is 5.25. The van der Waals surface area contributed by atoms with E-state index in [1.807, 2.05) is 19.1 Å². The summed E-state index contributed by atoms with van der Waals surface area (Å²) in [7, 11) is 0. The van der Waals surface area contributed by atoms with Crippen molar-refractivity contribution in [3.63, 3.8) is 0 Å². The first-order valence-corrected chi connectivity index (χ1v) is 5.25. The molecule has 2 heterocycles. The lowest BCUT2D eigenvalue weighted by Crippen LogP contribution is -2.36. The van der Waals surface area contributed by atoms with E-state index in [9.17, 15) is 5.11 Å². The van der Waals surface area contributed by atoms with Gasteiger partial charge in [0.05, 0.1) is 11.1 Å². The third-order valence-corrected chi connectivity index (χ3v) is 2.52. The van der Waals surface area contributed by atoms with Gasteiger partial charge in [0.25, 0.3) is 0 Å². The normalized spacial score (nSPS) is 15.2. The predicted molar refractivity (Wildman–Crippen MR) is 62.0 cm³/mol. The van der Waals surface area contributed by atoms with E-state index in [1.165, 1.54) is 0 Å². The maximum Gasteiger partial charge on any atom is 0.177 e. The molecule has 2 aromatic heterocycles. The van der Waals surface area contributed by atoms with Crippen LogP contribution >= 0.6 is 0 Å². The van der Waals surface area contributed by atoms with Gasteiger partial charge < -0.3 is 15.8 Å². The van der Waals surface area contributed by atoms with Crippen LogP contribution in [0.15, 0.2) is 12.1 Å². The number of hydrogen-bond donors (Lipinski definition) is 3. The van der Waals surface area contributed by atoms with E-state index >= 15 is 0 Å². The molecule has 0 aliphatic carbocycles. The molecule has 86 valence electrons. The first-order chi connectivity index (χ1) is 7.50. The Morgan fingerprint density at radius 3 is 2.88 bits per heavy atom. The Bertz CT molecular complexity index is 504. The molecule has 4 N–H and O–H groups in total. The second-order valence-electron chi connectivity index (χ2n) is 4.39. The van der Waals surface area contributed by atoms with Gasteiger partial charge in [-0.2, -0.15) is 0 Å². The van der Waals surface area contributed by atoms with Crippen molar-refractivity contribution < 1.29 is 5.11 Å². The van der Waals surface area contributed by atoms with Gasteiger partial charge >= 0.3 is 0 Å². The van der Waals surface area contributed by atoms with E-state index in [4.69, 9.17) is 5.73 Å². The highest BCUT2D eigenvalue weighted by atomic mass is 16.3. The average Bonchev–Trinajstić information content (AvgIpc) is 2.58. The lowest BCUT2D eigenvalue weighted by Gasteiger charge is -2.18. The van der Waals surface area contributed by atoms with Crippen molar-refractivity contribution in [3.8, 4) is 0 Å². The van der Waals surface area contributed by atoms with Gasteiger partial charge in [-0.1, -0.05) is 0 Å². The van der Waals surface area contributed by atoms with Crippen LogP contribution in [-0.2, 0) is 6.42 Å². The molecule has 0 saturated heterocycles. The molecule has 16 heavy (non-hydrogen) atoms. The van der Waals surface area contributed by atoms with Gasteiger partial charge in [0.1, 0.15) is 5.82 Å². The highest BCUT2D eigenvalue weighted by Gasteiger charge is 2.20. The Hall–Kier alpha value is -1.46. The summed E-state index contributed by atoms with van der Waals surface area (Å²) < 4.78 is 0. The van der Waals surface area contributed by atoms with Gasteiger partial charge in [0.2, 0.25) is 0 Å². The monoisotopic (exact) mass is 220 g/mol. The standard InChI is InChI=1S/C11H16N4O/c1-7-3-4-8-10(13-7)15-9(14-8)5-11(2,16)6-12/h3-4,16H,5-6,12H2,1-2H3,(H,13,14,15). The molecule has 0 aromatic carbocycles. The molecular weight excluding hydrogens is 204 g/mol. The minimum atomic E-state index is -0.928. The second kappa shape index (κ2) is 3.84. The van der Waals surface area contributed by atoms with Gasteiger partial charge in [0.15, 0.2) is 5.65 Å². The van der Waals surface area contributed by atoms with Crippen LogP contribution in [0.25, 0.3) is 11.2 Å². The SMILES string of the molecule is Cc1ccc2[nH]c(CC(C)(O)CN)nc2n1. The van der Waals surface area contributed by atoms with Crippen LogP contribution < -0.4 is 5.73 Å². The first kappa shape index (κ1) is 11.0. The molecular formula is C11H16N4O. The fourth-order valence-electron chi connectivity index (χ4n) is 1.55. The lowest BCUT2D eigenvalue weighted by molar-refractivity contribution is 0.0678. The fraction of sp³-hybridized carbons (Fsp3) is 0.455. The molecule has 0 aliphatic rings. The third-order valence-electron chi connectivity index (χ3n) is 2.52. The summed E-state index contributed by atoms with van der Waals surface area (Å²) in [6.07, 6.45) is 0.402. The van der Waals surface area contributed by atoms with Crippen molar-refractivity contribution in [1.29, 1.82) is 0 Å². The summed E-state index contributed by atoms with van der Waals surface area (Å²) in [5, 5.41) is 9.85. The number of nitrogens with two attached hydrogens (primary N) is 1. The number of aliphatic hydroxyl groups is 1. The largest absolute Gasteiger partial charge is 0.388 e. The summed E-state index contributed by atoms with van der Waals surface area (Å²) in [5.41, 5.74) is 7.03. The Morgan fingerprint density at radius 1 is 1.44 bits per heavy atom. The van der Waals surface area contributed by atoms with Crippen molar-refractivity contribution in [2.45, 2.75) is 25.9 Å². The fourth-order valence-corrected chi connectivity index (χ4v) is 1.55. The second-order valence-corrected chi connectivity index (χ2v) is 4.39. The number of rotatable bonds is 3. The Balaban J connectivity index is 2.33. The van der Waals surface area contributed by atoms with Gasteiger partial charge in [-0.05, 0) is 26.0 Å². The highest BCUT2D eigenvalue weighted by Crippen LogP contribution is 2.14. The average molecular weight is 220 g/mol. The zero-order valence-corrected chi connectivity index (χ0v) is 9.49. The molecule has 2 rings (SSSR count). The maximum atomic E-state index is 9.85. The van der Waals surface area contributed by atoms with Crippen LogP contribution in [0, 0.1) is 6.92 Å². The number of aromatic nitrogens is 3. The van der Waals surface area contributed by atoms with E-state index in [1.54, 1.807) is 6.92 Å². The number of pyridine rings is 1. The lowest BCUT2D eigenvalue weighted by atomic mass is 10.0. The predicted octanol–water partition coefficient (Wildman–Crippen LogP) is 0.519. The van der Waals surface area contributed by atoms with Gasteiger partial charge in [0, 0.05) is 18.7 Å². The quantitative estimate of drug-likeness (QED) is 0.703. The molecule has 0 radical (unpaired) electrons. The summed E-state index contributed by atoms with van der Waals surface area (Å²) in [4.78, 5) is 11.7. The van der Waals surface area contributed by atoms with E-state index in [-0.39, 0.29) is 6.54 Å². The minimum absolute atomic E-state index is 0.205. The van der Waals surface area contributed by atoms with Crippen molar-refractivity contribution in [3.05, 3.63) is 23.7 Å². The molecule has 0 saturated carbocycles. The number of aromatic amines is 1. The number of aryl methyl sites for hydroxylation is 1. The van der Waals surface area contributed by atoms with Gasteiger partial charge in [-0.25, -0.2) is 9.97 Å². The zero-order chi connectivity index (χ0) is 11.8. The Morgan fingerprint density at radius 2 is 2.19 bits per heavy atom. The van der Waals surface area contributed by atoms with Gasteiger partial charge in [-0.3, -0.25) is 0 Å². The van der Waals surface area contributed by atoms with Crippen LogP contribution in [0.2, 0.25) is 0 Å². The van der Waals surface area contributed by atoms with Crippen LogP contribution in [0.5, 0.6) is 0 Å². The van der Waals surface area contributed by atoms with Crippen molar-refractivity contribution in [2.24, 2.45) is 5.73 Å². The number of nitrogens with zero attached hydrogens (tertiary/aromatic N) is 2. The number of nitrogens with one attached hydrogen (secondary N) is 1. The molecule has 0 bridgehead atoms. The van der Waals surface area contributed by atoms with E-state index in [0.717, 1.165) is 11.2 Å². The van der Waals surface area contributed by atoms with E-state index < -0.39 is 5.60 Å². The Labute approximate surface area is 93.7 Å². The minimum Gasteiger partial charge on any atom is -0.388 e. The molecule has 0 aliphatic heterocycles. The summed E-state index contributed by atoms with van der Waals surface area (Å²) in [6, 6.07) is 3.86. The topological polar surface area (TPSA) is 87.8 Å². The van der Waals surface area contributed by atoms with Crippen LogP contribution in [0.3, 0.4) is 0 Å². The summed E-state index contributed by atoms with van der Waals surface area (Å²) in [5.74, 6) is 0.712. The molecule has 1 atom stereocenters. The van der Waals surface area contributed by atoms with Crippen molar-refractivity contribution in [2.75, 3.05) is 6.54 Å². The highest BCUT2D eigenvalue weighted by molar-refractivity contribution is 5.70. The molecule has 0 amide bonds. The molecule has 5 heteroatoms. The van der Waals surface area contributed by atoms with E-state index in [0.29, 0.717) is 17.9 Å². The summed E-state index contributed by atoms with van der Waals surface area (Å²) >= 11 is 0. The Kier molecular flexibility index (Phi) is 2.65. The molecule has 2 aromatic rings. The number of imidazole rings is 1. The van der Waals surface area contributed by atoms with Crippen LogP contribution in [-0.4, -0.2) is 32.2 Å².